The number of sulfone groups is 1. The molecule has 0 aliphatic carbocycles. The van der Waals surface area contributed by atoms with Crippen LogP contribution in [0, 0.1) is 0 Å². The Kier molecular flexibility index (Phi) is 3.92. The van der Waals surface area contributed by atoms with Gasteiger partial charge >= 0.3 is 0 Å². The smallest absolute Gasteiger partial charge is 0.151 e. The molecule has 1 fully saturated rings. The first kappa shape index (κ1) is 13.4. The minimum Gasteiger partial charge on any atom is -0.496 e. The van der Waals surface area contributed by atoms with Crippen LogP contribution in [0.5, 0.6) is 5.75 Å². The number of benzene rings is 1. The van der Waals surface area contributed by atoms with Crippen molar-refractivity contribution < 1.29 is 13.2 Å². The first-order valence-corrected chi connectivity index (χ1v) is 7.93. The molecule has 1 aliphatic rings. The van der Waals surface area contributed by atoms with Gasteiger partial charge in [0.2, 0.25) is 0 Å². The molecule has 0 amide bonds. The number of hydrogen-bond acceptors (Lipinski definition) is 4. The molecule has 0 radical (unpaired) electrons. The van der Waals surface area contributed by atoms with E-state index in [0.717, 1.165) is 11.3 Å². The average molecular weight is 269 g/mol. The number of methoxy groups -OCH3 is 1. The summed E-state index contributed by atoms with van der Waals surface area (Å²) in [5.74, 6) is 1.37. The molecule has 0 aromatic heterocycles. The van der Waals surface area contributed by atoms with Gasteiger partial charge in [-0.05, 0) is 19.4 Å². The lowest BCUT2D eigenvalue weighted by Gasteiger charge is -2.20. The van der Waals surface area contributed by atoms with Crippen LogP contribution in [0.3, 0.4) is 0 Å². The van der Waals surface area contributed by atoms with Crippen molar-refractivity contribution in [1.29, 1.82) is 0 Å². The van der Waals surface area contributed by atoms with E-state index in [-0.39, 0.29) is 17.8 Å². The number of para-hydroxylation sites is 1. The molecule has 1 aromatic carbocycles. The van der Waals surface area contributed by atoms with Crippen LogP contribution in [0.4, 0.5) is 0 Å². The minimum atomic E-state index is -2.83. The van der Waals surface area contributed by atoms with E-state index in [9.17, 15) is 8.42 Å². The second-order valence-corrected chi connectivity index (χ2v) is 6.96. The molecule has 18 heavy (non-hydrogen) atoms. The molecule has 0 bridgehead atoms. The highest BCUT2D eigenvalue weighted by Crippen LogP contribution is 2.25. The average Bonchev–Trinajstić information content (AvgIpc) is 2.68. The fourth-order valence-corrected chi connectivity index (χ4v) is 4.08. The quantitative estimate of drug-likeness (QED) is 0.900. The summed E-state index contributed by atoms with van der Waals surface area (Å²) in [4.78, 5) is 0. The Morgan fingerprint density at radius 2 is 2.11 bits per heavy atom. The Labute approximate surface area is 108 Å². The van der Waals surface area contributed by atoms with E-state index >= 15 is 0 Å². The second kappa shape index (κ2) is 5.28. The third-order valence-electron chi connectivity index (χ3n) is 3.32. The molecular weight excluding hydrogens is 250 g/mol. The van der Waals surface area contributed by atoms with E-state index in [1.807, 2.05) is 31.2 Å². The van der Waals surface area contributed by atoms with E-state index in [2.05, 4.69) is 5.32 Å². The van der Waals surface area contributed by atoms with Gasteiger partial charge in [0.05, 0.1) is 18.6 Å². The summed E-state index contributed by atoms with van der Waals surface area (Å²) in [6.07, 6.45) is 0.696. The third kappa shape index (κ3) is 3.03. The summed E-state index contributed by atoms with van der Waals surface area (Å²) in [6.45, 7) is 2.03. The Morgan fingerprint density at radius 1 is 1.39 bits per heavy atom. The van der Waals surface area contributed by atoms with Crippen molar-refractivity contribution in [3.8, 4) is 5.75 Å². The predicted octanol–water partition coefficient (Wildman–Crippen LogP) is 1.53. The SMILES string of the molecule is COc1ccccc1C(C)NC1CCS(=O)(=O)C1. The molecule has 1 saturated heterocycles. The monoisotopic (exact) mass is 269 g/mol. The van der Waals surface area contributed by atoms with E-state index in [1.54, 1.807) is 7.11 Å². The number of nitrogens with one attached hydrogen (secondary N) is 1. The summed E-state index contributed by atoms with van der Waals surface area (Å²) in [5, 5.41) is 3.37. The molecule has 1 heterocycles. The van der Waals surface area contributed by atoms with Gasteiger partial charge in [-0.25, -0.2) is 8.42 Å². The molecule has 0 spiro atoms. The van der Waals surface area contributed by atoms with Gasteiger partial charge in [-0.15, -0.1) is 0 Å². The van der Waals surface area contributed by atoms with E-state index in [0.29, 0.717) is 12.2 Å². The van der Waals surface area contributed by atoms with Crippen LogP contribution >= 0.6 is 0 Å². The van der Waals surface area contributed by atoms with Crippen LogP contribution < -0.4 is 10.1 Å². The molecule has 100 valence electrons. The van der Waals surface area contributed by atoms with Gasteiger partial charge in [-0.2, -0.15) is 0 Å². The molecule has 2 rings (SSSR count). The van der Waals surface area contributed by atoms with E-state index in [1.165, 1.54) is 0 Å². The Morgan fingerprint density at radius 3 is 2.72 bits per heavy atom. The van der Waals surface area contributed by atoms with Crippen LogP contribution in [-0.2, 0) is 9.84 Å². The summed E-state index contributed by atoms with van der Waals surface area (Å²) in [6, 6.07) is 7.93. The maximum absolute atomic E-state index is 11.4. The lowest BCUT2D eigenvalue weighted by atomic mass is 10.1. The van der Waals surface area contributed by atoms with Gasteiger partial charge < -0.3 is 10.1 Å². The minimum absolute atomic E-state index is 0.0508. The lowest BCUT2D eigenvalue weighted by molar-refractivity contribution is 0.396. The third-order valence-corrected chi connectivity index (χ3v) is 5.09. The summed E-state index contributed by atoms with van der Waals surface area (Å²) in [7, 11) is -1.19. The summed E-state index contributed by atoms with van der Waals surface area (Å²) >= 11 is 0. The normalized spacial score (nSPS) is 23.8. The van der Waals surface area contributed by atoms with Crippen LogP contribution in [0.15, 0.2) is 24.3 Å². The van der Waals surface area contributed by atoms with E-state index < -0.39 is 9.84 Å². The van der Waals surface area contributed by atoms with Crippen LogP contribution in [0.1, 0.15) is 24.9 Å². The highest BCUT2D eigenvalue weighted by atomic mass is 32.2. The molecule has 5 heteroatoms. The molecular formula is C13H19NO3S. The van der Waals surface area contributed by atoms with Crippen LogP contribution in [0.2, 0.25) is 0 Å². The number of rotatable bonds is 4. The van der Waals surface area contributed by atoms with Gasteiger partial charge in [-0.3, -0.25) is 0 Å². The fraction of sp³-hybridized carbons (Fsp3) is 0.538. The fourth-order valence-electron chi connectivity index (χ4n) is 2.39. The van der Waals surface area contributed by atoms with Crippen molar-refractivity contribution in [3.63, 3.8) is 0 Å². The maximum Gasteiger partial charge on any atom is 0.151 e. The summed E-state index contributed by atoms with van der Waals surface area (Å²) < 4.78 is 28.1. The Balaban J connectivity index is 2.06. The molecule has 0 saturated carbocycles. The van der Waals surface area contributed by atoms with Crippen molar-refractivity contribution in [2.75, 3.05) is 18.6 Å². The van der Waals surface area contributed by atoms with Gasteiger partial charge in [0, 0.05) is 17.6 Å². The van der Waals surface area contributed by atoms with E-state index in [4.69, 9.17) is 4.74 Å². The molecule has 1 aliphatic heterocycles. The zero-order chi connectivity index (χ0) is 13.2. The second-order valence-electron chi connectivity index (χ2n) is 4.73. The van der Waals surface area contributed by atoms with Gasteiger partial charge in [0.1, 0.15) is 5.75 Å². The van der Waals surface area contributed by atoms with Gasteiger partial charge in [0.25, 0.3) is 0 Å². The Bertz CT molecular complexity index is 513. The van der Waals surface area contributed by atoms with Crippen molar-refractivity contribution in [2.24, 2.45) is 0 Å². The largest absolute Gasteiger partial charge is 0.496 e. The van der Waals surface area contributed by atoms with Gasteiger partial charge in [0.15, 0.2) is 9.84 Å². The highest BCUT2D eigenvalue weighted by molar-refractivity contribution is 7.91. The van der Waals surface area contributed by atoms with Crippen molar-refractivity contribution in [3.05, 3.63) is 29.8 Å². The first-order valence-electron chi connectivity index (χ1n) is 6.11. The topological polar surface area (TPSA) is 55.4 Å². The van der Waals surface area contributed by atoms with Crippen LogP contribution in [0.25, 0.3) is 0 Å². The number of hydrogen-bond donors (Lipinski definition) is 1. The molecule has 2 unspecified atom stereocenters. The summed E-state index contributed by atoms with van der Waals surface area (Å²) in [5.41, 5.74) is 1.06. The Hall–Kier alpha value is -1.07. The van der Waals surface area contributed by atoms with Crippen molar-refractivity contribution >= 4 is 9.84 Å². The van der Waals surface area contributed by atoms with Crippen molar-refractivity contribution in [2.45, 2.75) is 25.4 Å². The zero-order valence-corrected chi connectivity index (χ0v) is 11.5. The van der Waals surface area contributed by atoms with Crippen molar-refractivity contribution in [1.82, 2.24) is 5.32 Å². The molecule has 1 N–H and O–H groups in total. The molecule has 1 aromatic rings. The molecule has 2 atom stereocenters. The standard InChI is InChI=1S/C13H19NO3S/c1-10(12-5-3-4-6-13(12)17-2)14-11-7-8-18(15,16)9-11/h3-6,10-11,14H,7-9H2,1-2H3. The molecule has 4 nitrogen and oxygen atoms in total. The predicted molar refractivity (Wildman–Crippen MR) is 71.6 cm³/mol. The number of ether oxygens (including phenoxy) is 1. The van der Waals surface area contributed by atoms with Crippen LogP contribution in [-0.4, -0.2) is 33.1 Å². The maximum atomic E-state index is 11.4. The zero-order valence-electron chi connectivity index (χ0n) is 10.7. The highest BCUT2D eigenvalue weighted by Gasteiger charge is 2.29. The first-order chi connectivity index (χ1) is 8.52. The van der Waals surface area contributed by atoms with Gasteiger partial charge in [-0.1, -0.05) is 18.2 Å². The lowest BCUT2D eigenvalue weighted by Crippen LogP contribution is -2.32.